The standard InChI is InChI=1S/C22H23BrCl2N2O3S/c1-13-6-8-27(9-7-13)22(31)14-10-15(23)21(18(11-14)29-2)30-12-19(28)26-17-5-3-4-16(24)20(17)25/h3-5,10-11,13H,6-9,12H2,1-2H3,(H,26,28). The molecule has 3 rings (SSSR count). The lowest BCUT2D eigenvalue weighted by Gasteiger charge is -2.32. The number of amides is 1. The molecule has 2 aromatic rings. The van der Waals surface area contributed by atoms with E-state index in [1.54, 1.807) is 25.3 Å². The van der Waals surface area contributed by atoms with Crippen LogP contribution in [-0.2, 0) is 4.79 Å². The van der Waals surface area contributed by atoms with E-state index in [4.69, 9.17) is 44.9 Å². The number of nitrogens with one attached hydrogen (secondary N) is 1. The van der Waals surface area contributed by atoms with Gasteiger partial charge in [-0.15, -0.1) is 0 Å². The number of hydrogen-bond donors (Lipinski definition) is 1. The van der Waals surface area contributed by atoms with Gasteiger partial charge in [-0.1, -0.05) is 48.4 Å². The first-order chi connectivity index (χ1) is 14.8. The van der Waals surface area contributed by atoms with Gasteiger partial charge in [-0.05, 0) is 59.0 Å². The van der Waals surface area contributed by atoms with Crippen LogP contribution in [0, 0.1) is 5.92 Å². The molecule has 0 saturated carbocycles. The molecule has 166 valence electrons. The van der Waals surface area contributed by atoms with Crippen LogP contribution in [-0.4, -0.2) is 42.6 Å². The molecule has 0 radical (unpaired) electrons. The summed E-state index contributed by atoms with van der Waals surface area (Å²) in [6, 6.07) is 8.75. The number of benzene rings is 2. The summed E-state index contributed by atoms with van der Waals surface area (Å²) in [5, 5.41) is 3.33. The van der Waals surface area contributed by atoms with E-state index in [0.29, 0.717) is 26.7 Å². The van der Waals surface area contributed by atoms with Crippen LogP contribution in [0.25, 0.3) is 0 Å². The maximum absolute atomic E-state index is 12.3. The number of anilines is 1. The topological polar surface area (TPSA) is 50.8 Å². The van der Waals surface area contributed by atoms with Gasteiger partial charge in [0.05, 0.1) is 27.3 Å². The van der Waals surface area contributed by atoms with Gasteiger partial charge in [0.25, 0.3) is 5.91 Å². The summed E-state index contributed by atoms with van der Waals surface area (Å²) in [6.45, 7) is 3.93. The van der Waals surface area contributed by atoms with Crippen LogP contribution in [0.4, 0.5) is 5.69 Å². The Labute approximate surface area is 206 Å². The number of nitrogens with zero attached hydrogens (tertiary/aromatic N) is 1. The monoisotopic (exact) mass is 544 g/mol. The number of rotatable bonds is 6. The summed E-state index contributed by atoms with van der Waals surface area (Å²) in [5.74, 6) is 1.27. The van der Waals surface area contributed by atoms with Crippen LogP contribution in [0.5, 0.6) is 11.5 Å². The molecular formula is C22H23BrCl2N2O3S. The molecule has 9 heteroatoms. The highest BCUT2D eigenvalue weighted by Crippen LogP contribution is 2.37. The Kier molecular flexibility index (Phi) is 8.44. The summed E-state index contributed by atoms with van der Waals surface area (Å²) in [5.41, 5.74) is 1.29. The van der Waals surface area contributed by atoms with E-state index in [1.807, 2.05) is 12.1 Å². The van der Waals surface area contributed by atoms with Crippen molar-refractivity contribution in [1.29, 1.82) is 0 Å². The molecule has 0 aromatic heterocycles. The molecule has 1 fully saturated rings. The Bertz CT molecular complexity index is 981. The summed E-state index contributed by atoms with van der Waals surface area (Å²) >= 11 is 21.3. The first-order valence-electron chi connectivity index (χ1n) is 9.83. The molecule has 1 aliphatic heterocycles. The van der Waals surface area contributed by atoms with Gasteiger partial charge in [0, 0.05) is 18.7 Å². The smallest absolute Gasteiger partial charge is 0.262 e. The molecule has 1 N–H and O–H groups in total. The van der Waals surface area contributed by atoms with Crippen LogP contribution in [0.3, 0.4) is 0 Å². The van der Waals surface area contributed by atoms with E-state index in [-0.39, 0.29) is 17.5 Å². The van der Waals surface area contributed by atoms with Crippen molar-refractivity contribution in [2.24, 2.45) is 5.92 Å². The predicted molar refractivity (Wildman–Crippen MR) is 133 cm³/mol. The second-order valence-corrected chi connectivity index (χ2v) is 9.43. The third-order valence-corrected chi connectivity index (χ3v) is 7.02. The second-order valence-electron chi connectivity index (χ2n) is 7.40. The zero-order valence-corrected chi connectivity index (χ0v) is 21.1. The Morgan fingerprint density at radius 2 is 2.00 bits per heavy atom. The molecule has 0 bridgehead atoms. The van der Waals surface area contributed by atoms with E-state index in [2.05, 4.69) is 33.1 Å². The minimum atomic E-state index is -0.375. The van der Waals surface area contributed by atoms with E-state index in [1.165, 1.54) is 0 Å². The van der Waals surface area contributed by atoms with E-state index in [0.717, 1.165) is 42.4 Å². The third kappa shape index (κ3) is 6.04. The fourth-order valence-corrected chi connectivity index (χ4v) is 4.51. The van der Waals surface area contributed by atoms with Crippen molar-refractivity contribution in [2.75, 3.05) is 32.1 Å². The predicted octanol–water partition coefficient (Wildman–Crippen LogP) is 6.19. The van der Waals surface area contributed by atoms with Gasteiger partial charge in [0.1, 0.15) is 4.99 Å². The molecule has 5 nitrogen and oxygen atoms in total. The second kappa shape index (κ2) is 10.9. The number of ether oxygens (including phenoxy) is 2. The van der Waals surface area contributed by atoms with Gasteiger partial charge in [0.2, 0.25) is 0 Å². The van der Waals surface area contributed by atoms with Gasteiger partial charge in [-0.2, -0.15) is 0 Å². The van der Waals surface area contributed by atoms with Crippen LogP contribution in [0.15, 0.2) is 34.8 Å². The Balaban J connectivity index is 1.69. The average molecular weight is 546 g/mol. The molecule has 1 heterocycles. The molecule has 1 saturated heterocycles. The van der Waals surface area contributed by atoms with E-state index in [9.17, 15) is 4.79 Å². The number of halogens is 3. The van der Waals surface area contributed by atoms with Crippen molar-refractivity contribution >= 4 is 67.9 Å². The molecule has 0 aliphatic carbocycles. The van der Waals surface area contributed by atoms with Crippen molar-refractivity contribution in [3.05, 3.63) is 50.4 Å². The highest BCUT2D eigenvalue weighted by Gasteiger charge is 2.21. The van der Waals surface area contributed by atoms with Gasteiger partial charge in [-0.3, -0.25) is 4.79 Å². The third-order valence-electron chi connectivity index (χ3n) is 5.12. The Hall–Kier alpha value is -1.54. The highest BCUT2D eigenvalue weighted by molar-refractivity contribution is 9.10. The summed E-state index contributed by atoms with van der Waals surface area (Å²) in [6.07, 6.45) is 2.26. The van der Waals surface area contributed by atoms with Crippen LogP contribution in [0.2, 0.25) is 10.0 Å². The number of piperidine rings is 1. The first-order valence-corrected chi connectivity index (χ1v) is 11.8. The lowest BCUT2D eigenvalue weighted by atomic mass is 9.99. The zero-order valence-electron chi connectivity index (χ0n) is 17.2. The van der Waals surface area contributed by atoms with Crippen molar-refractivity contribution in [2.45, 2.75) is 19.8 Å². The summed E-state index contributed by atoms with van der Waals surface area (Å²) in [7, 11) is 1.55. The fourth-order valence-electron chi connectivity index (χ4n) is 3.30. The van der Waals surface area contributed by atoms with E-state index < -0.39 is 0 Å². The minimum absolute atomic E-state index is 0.231. The highest BCUT2D eigenvalue weighted by atomic mass is 79.9. The minimum Gasteiger partial charge on any atom is -0.493 e. The van der Waals surface area contributed by atoms with Crippen molar-refractivity contribution < 1.29 is 14.3 Å². The SMILES string of the molecule is COc1cc(C(=S)N2CCC(C)CC2)cc(Br)c1OCC(=O)Nc1cccc(Cl)c1Cl. The largest absolute Gasteiger partial charge is 0.493 e. The van der Waals surface area contributed by atoms with Crippen LogP contribution < -0.4 is 14.8 Å². The Morgan fingerprint density at radius 3 is 2.68 bits per heavy atom. The Morgan fingerprint density at radius 1 is 1.29 bits per heavy atom. The normalized spacial score (nSPS) is 14.3. The van der Waals surface area contributed by atoms with E-state index >= 15 is 0 Å². The lowest BCUT2D eigenvalue weighted by Crippen LogP contribution is -2.37. The lowest BCUT2D eigenvalue weighted by molar-refractivity contribution is -0.118. The molecule has 0 atom stereocenters. The quantitative estimate of drug-likeness (QED) is 0.438. The van der Waals surface area contributed by atoms with Gasteiger partial charge >= 0.3 is 0 Å². The number of likely N-dealkylation sites (tertiary alicyclic amines) is 1. The van der Waals surface area contributed by atoms with Crippen LogP contribution >= 0.6 is 51.3 Å². The van der Waals surface area contributed by atoms with Gasteiger partial charge in [0.15, 0.2) is 18.1 Å². The molecule has 1 aliphatic rings. The number of methoxy groups -OCH3 is 1. The van der Waals surface area contributed by atoms with Crippen molar-refractivity contribution in [1.82, 2.24) is 4.90 Å². The average Bonchev–Trinajstić information content (AvgIpc) is 2.75. The maximum atomic E-state index is 12.3. The fraction of sp³-hybridized carbons (Fsp3) is 0.364. The van der Waals surface area contributed by atoms with Gasteiger partial charge < -0.3 is 19.7 Å². The van der Waals surface area contributed by atoms with Crippen LogP contribution in [0.1, 0.15) is 25.3 Å². The number of carbonyl (C=O) groups is 1. The molecule has 0 unspecified atom stereocenters. The molecular weight excluding hydrogens is 523 g/mol. The van der Waals surface area contributed by atoms with Crippen molar-refractivity contribution in [3.63, 3.8) is 0 Å². The summed E-state index contributed by atoms with van der Waals surface area (Å²) in [4.78, 5) is 15.4. The molecule has 1 amide bonds. The number of hydrogen-bond acceptors (Lipinski definition) is 4. The number of carbonyl (C=O) groups excluding carboxylic acids is 1. The maximum Gasteiger partial charge on any atom is 0.262 e. The molecule has 0 spiro atoms. The zero-order chi connectivity index (χ0) is 22.5. The van der Waals surface area contributed by atoms with Gasteiger partial charge in [-0.25, -0.2) is 0 Å². The number of thiocarbonyl (C=S) groups is 1. The van der Waals surface area contributed by atoms with Crippen molar-refractivity contribution in [3.8, 4) is 11.5 Å². The first kappa shape index (κ1) is 24.1. The molecule has 2 aromatic carbocycles. The molecule has 31 heavy (non-hydrogen) atoms. The summed E-state index contributed by atoms with van der Waals surface area (Å²) < 4.78 is 11.9.